The first-order valence-corrected chi connectivity index (χ1v) is 12.1. The number of hydrogen-bond donors (Lipinski definition) is 0. The van der Waals surface area contributed by atoms with E-state index in [1.165, 1.54) is 13.2 Å². The molecular weight excluding hydrogens is 507 g/mol. The van der Waals surface area contributed by atoms with Crippen LogP contribution in [0.1, 0.15) is 27.9 Å². The van der Waals surface area contributed by atoms with Gasteiger partial charge in [0, 0.05) is 26.2 Å². The standard InChI is InChI=1S/C27H23ClF3N3O3/c1-36-18-8-10-23-20(16-18)25(32-22-15-17(27(29,30)31)7-9-24(22)37-23)33-11-4-12-34(14-13-33)26(35)19-5-2-3-6-21(19)28/h2-3,5-10,15-16H,4,11-14H2,1H3. The van der Waals surface area contributed by atoms with Crippen LogP contribution in [0, 0.1) is 0 Å². The van der Waals surface area contributed by atoms with E-state index in [-0.39, 0.29) is 17.3 Å². The Labute approximate surface area is 216 Å². The van der Waals surface area contributed by atoms with Crippen molar-refractivity contribution >= 4 is 29.0 Å². The average molecular weight is 530 g/mol. The maximum Gasteiger partial charge on any atom is 0.416 e. The van der Waals surface area contributed by atoms with Crippen LogP contribution in [-0.4, -0.2) is 54.8 Å². The molecule has 2 heterocycles. The molecule has 0 spiro atoms. The fourth-order valence-corrected chi connectivity index (χ4v) is 4.65. The average Bonchev–Trinajstić information content (AvgIpc) is 3.22. The highest BCUT2D eigenvalue weighted by molar-refractivity contribution is 6.33. The number of nitrogens with zero attached hydrogens (tertiary/aromatic N) is 3. The fraction of sp³-hybridized carbons (Fsp3) is 0.259. The summed E-state index contributed by atoms with van der Waals surface area (Å²) in [4.78, 5) is 21.5. The first kappa shape index (κ1) is 25.0. The minimum absolute atomic E-state index is 0.0771. The van der Waals surface area contributed by atoms with Crippen LogP contribution < -0.4 is 9.47 Å². The number of alkyl halides is 3. The molecule has 0 saturated carbocycles. The molecule has 3 aromatic rings. The molecule has 5 rings (SSSR count). The number of fused-ring (bicyclic) bond motifs is 2. The smallest absolute Gasteiger partial charge is 0.416 e. The molecule has 1 saturated heterocycles. The number of carbonyl (C=O) groups excluding carboxylic acids is 1. The van der Waals surface area contributed by atoms with E-state index in [2.05, 4.69) is 4.99 Å². The maximum absolute atomic E-state index is 13.5. The molecule has 0 unspecified atom stereocenters. The minimum Gasteiger partial charge on any atom is -0.497 e. The number of hydrogen-bond acceptors (Lipinski definition) is 5. The fourth-order valence-electron chi connectivity index (χ4n) is 4.44. The van der Waals surface area contributed by atoms with Crippen LogP contribution in [-0.2, 0) is 6.18 Å². The van der Waals surface area contributed by atoms with E-state index in [0.29, 0.717) is 66.1 Å². The number of benzene rings is 3. The van der Waals surface area contributed by atoms with Crippen LogP contribution in [0.5, 0.6) is 17.2 Å². The summed E-state index contributed by atoms with van der Waals surface area (Å²) in [5, 5.41) is 0.386. The number of carbonyl (C=O) groups is 1. The third-order valence-electron chi connectivity index (χ3n) is 6.35. The van der Waals surface area contributed by atoms with E-state index >= 15 is 0 Å². The molecule has 0 N–H and O–H groups in total. The van der Waals surface area contributed by atoms with Crippen molar-refractivity contribution in [2.45, 2.75) is 12.6 Å². The normalized spacial score (nSPS) is 15.5. The van der Waals surface area contributed by atoms with Gasteiger partial charge in [0.2, 0.25) is 0 Å². The second-order valence-corrected chi connectivity index (χ2v) is 9.10. The number of halogens is 4. The van der Waals surface area contributed by atoms with Crippen molar-refractivity contribution in [1.29, 1.82) is 0 Å². The van der Waals surface area contributed by atoms with Gasteiger partial charge in [0.25, 0.3) is 5.91 Å². The van der Waals surface area contributed by atoms with Crippen molar-refractivity contribution in [3.05, 3.63) is 82.4 Å². The molecular formula is C27H23ClF3N3O3. The molecule has 6 nitrogen and oxygen atoms in total. The summed E-state index contributed by atoms with van der Waals surface area (Å²) in [7, 11) is 1.53. The molecule has 2 aliphatic rings. The van der Waals surface area contributed by atoms with Crippen LogP contribution in [0.2, 0.25) is 5.02 Å². The van der Waals surface area contributed by atoms with Gasteiger partial charge in [0.05, 0.1) is 28.8 Å². The van der Waals surface area contributed by atoms with Gasteiger partial charge in [-0.3, -0.25) is 4.79 Å². The second kappa shape index (κ2) is 9.97. The van der Waals surface area contributed by atoms with Gasteiger partial charge in [-0.15, -0.1) is 0 Å². The van der Waals surface area contributed by atoms with Crippen LogP contribution in [0.25, 0.3) is 0 Å². The number of amides is 1. The predicted octanol–water partition coefficient (Wildman–Crippen LogP) is 6.40. The van der Waals surface area contributed by atoms with Gasteiger partial charge < -0.3 is 19.3 Å². The minimum atomic E-state index is -4.52. The monoisotopic (exact) mass is 529 g/mol. The third-order valence-corrected chi connectivity index (χ3v) is 6.68. The molecule has 192 valence electrons. The van der Waals surface area contributed by atoms with Crippen molar-refractivity contribution in [2.75, 3.05) is 33.3 Å². The lowest BCUT2D eigenvalue weighted by Crippen LogP contribution is -2.37. The van der Waals surface area contributed by atoms with Gasteiger partial charge in [0.15, 0.2) is 5.75 Å². The van der Waals surface area contributed by atoms with Crippen LogP contribution >= 0.6 is 11.6 Å². The Morgan fingerprint density at radius 1 is 1.00 bits per heavy atom. The molecule has 0 bridgehead atoms. The van der Waals surface area contributed by atoms with E-state index in [1.54, 1.807) is 47.4 Å². The van der Waals surface area contributed by atoms with Crippen molar-refractivity contribution < 1.29 is 27.4 Å². The summed E-state index contributed by atoms with van der Waals surface area (Å²) in [5.41, 5.74) is 0.290. The van der Waals surface area contributed by atoms with Gasteiger partial charge in [-0.1, -0.05) is 23.7 Å². The summed E-state index contributed by atoms with van der Waals surface area (Å²) in [5.74, 6) is 1.52. The van der Waals surface area contributed by atoms with Crippen molar-refractivity contribution in [3.8, 4) is 17.2 Å². The summed E-state index contributed by atoms with van der Waals surface area (Å²) < 4.78 is 51.7. The number of ether oxygens (including phenoxy) is 2. The van der Waals surface area contributed by atoms with Crippen LogP contribution in [0.15, 0.2) is 65.7 Å². The molecule has 1 amide bonds. The summed E-state index contributed by atoms with van der Waals surface area (Å²) >= 11 is 6.24. The molecule has 2 aliphatic heterocycles. The van der Waals surface area contributed by atoms with Crippen LogP contribution in [0.4, 0.5) is 18.9 Å². The lowest BCUT2D eigenvalue weighted by Gasteiger charge is -2.25. The number of amidine groups is 1. The highest BCUT2D eigenvalue weighted by Gasteiger charge is 2.33. The summed E-state index contributed by atoms with van der Waals surface area (Å²) in [6.45, 7) is 1.85. The topological polar surface area (TPSA) is 54.4 Å². The Morgan fingerprint density at radius 2 is 1.78 bits per heavy atom. The quantitative estimate of drug-likeness (QED) is 0.385. The molecule has 0 radical (unpaired) electrons. The van der Waals surface area contributed by atoms with E-state index in [1.807, 2.05) is 4.90 Å². The summed E-state index contributed by atoms with van der Waals surface area (Å²) in [6, 6.07) is 15.3. The lowest BCUT2D eigenvalue weighted by molar-refractivity contribution is -0.137. The summed E-state index contributed by atoms with van der Waals surface area (Å²) in [6.07, 6.45) is -3.89. The van der Waals surface area contributed by atoms with Gasteiger partial charge in [-0.2, -0.15) is 13.2 Å². The highest BCUT2D eigenvalue weighted by Crippen LogP contribution is 2.42. The number of aliphatic imine (C=N–C) groups is 1. The van der Waals surface area contributed by atoms with Crippen LogP contribution in [0.3, 0.4) is 0 Å². The van der Waals surface area contributed by atoms with E-state index in [9.17, 15) is 18.0 Å². The zero-order valence-electron chi connectivity index (χ0n) is 19.9. The molecule has 0 aliphatic carbocycles. The molecule has 10 heteroatoms. The van der Waals surface area contributed by atoms with E-state index in [4.69, 9.17) is 21.1 Å². The zero-order valence-corrected chi connectivity index (χ0v) is 20.6. The zero-order chi connectivity index (χ0) is 26.2. The first-order chi connectivity index (χ1) is 17.7. The predicted molar refractivity (Wildman–Crippen MR) is 134 cm³/mol. The van der Waals surface area contributed by atoms with Crippen molar-refractivity contribution in [3.63, 3.8) is 0 Å². The van der Waals surface area contributed by atoms with Gasteiger partial charge in [0.1, 0.15) is 23.0 Å². The molecule has 1 fully saturated rings. The van der Waals surface area contributed by atoms with E-state index in [0.717, 1.165) is 12.1 Å². The first-order valence-electron chi connectivity index (χ1n) is 11.7. The Hall–Kier alpha value is -3.72. The molecule has 0 aromatic heterocycles. The SMILES string of the molecule is COc1ccc2c(c1)C(N1CCCN(C(=O)c3ccccc3Cl)CC1)=Nc1cc(C(F)(F)F)ccc1O2. The number of rotatable bonds is 2. The number of methoxy groups -OCH3 is 1. The van der Waals surface area contributed by atoms with Gasteiger partial charge in [-0.25, -0.2) is 4.99 Å². The third kappa shape index (κ3) is 5.09. The molecule has 0 atom stereocenters. The maximum atomic E-state index is 13.5. The van der Waals surface area contributed by atoms with Crippen molar-refractivity contribution in [1.82, 2.24) is 9.80 Å². The van der Waals surface area contributed by atoms with E-state index < -0.39 is 11.7 Å². The van der Waals surface area contributed by atoms with Gasteiger partial charge in [-0.05, 0) is 55.0 Å². The Bertz CT molecular complexity index is 1380. The molecule has 37 heavy (non-hydrogen) atoms. The largest absolute Gasteiger partial charge is 0.497 e. The Morgan fingerprint density at radius 3 is 2.54 bits per heavy atom. The molecule has 3 aromatic carbocycles. The Kier molecular flexibility index (Phi) is 6.72. The highest BCUT2D eigenvalue weighted by atomic mass is 35.5. The van der Waals surface area contributed by atoms with Crippen molar-refractivity contribution in [2.24, 2.45) is 4.99 Å². The van der Waals surface area contributed by atoms with Gasteiger partial charge >= 0.3 is 6.18 Å². The lowest BCUT2D eigenvalue weighted by atomic mass is 10.1. The Balaban J connectivity index is 1.51. The second-order valence-electron chi connectivity index (χ2n) is 8.69.